The first-order valence-electron chi connectivity index (χ1n) is 10.3. The quantitative estimate of drug-likeness (QED) is 0.230. The van der Waals surface area contributed by atoms with Crippen molar-refractivity contribution in [2.75, 3.05) is 5.32 Å². The third kappa shape index (κ3) is 8.17. The van der Waals surface area contributed by atoms with Crippen molar-refractivity contribution in [1.29, 1.82) is 0 Å². The molecule has 9 heteroatoms. The lowest BCUT2D eigenvalue weighted by atomic mass is 10.2. The summed E-state index contributed by atoms with van der Waals surface area (Å²) in [6.45, 7) is 2.30. The summed E-state index contributed by atoms with van der Waals surface area (Å²) in [6.07, 6.45) is 1.60. The number of hydrogen-bond donors (Lipinski definition) is 2. The lowest BCUT2D eigenvalue weighted by Gasteiger charge is -2.09. The van der Waals surface area contributed by atoms with Crippen LogP contribution in [0.2, 0.25) is 10.0 Å². The first-order valence-corrected chi connectivity index (χ1v) is 11.9. The first kappa shape index (κ1) is 25.7. The Morgan fingerprint density at radius 2 is 1.71 bits per heavy atom. The highest BCUT2D eigenvalue weighted by Gasteiger charge is 2.07. The molecule has 0 aliphatic carbocycles. The molecule has 34 heavy (non-hydrogen) atoms. The lowest BCUT2D eigenvalue weighted by Crippen LogP contribution is -2.20. The first-order chi connectivity index (χ1) is 16.3. The Morgan fingerprint density at radius 1 is 0.971 bits per heavy atom. The number of carbonyl (C=O) groups excluding carboxylic acids is 2. The smallest absolute Gasteiger partial charge is 0.240 e. The van der Waals surface area contributed by atoms with Gasteiger partial charge >= 0.3 is 0 Å². The molecule has 0 aliphatic rings. The van der Waals surface area contributed by atoms with Crippen LogP contribution in [0.5, 0.6) is 5.75 Å². The van der Waals surface area contributed by atoms with E-state index in [1.807, 2.05) is 43.3 Å². The summed E-state index contributed by atoms with van der Waals surface area (Å²) >= 11 is 15.4. The molecule has 0 bridgehead atoms. The van der Waals surface area contributed by atoms with Gasteiger partial charge in [0, 0.05) is 18.5 Å². The minimum Gasteiger partial charge on any atom is -0.488 e. The number of ether oxygens (including phenoxy) is 1. The van der Waals surface area contributed by atoms with Gasteiger partial charge in [-0.2, -0.15) is 5.10 Å². The molecule has 0 saturated heterocycles. The predicted octanol–water partition coefficient (Wildman–Crippen LogP) is 6.51. The Morgan fingerprint density at radius 3 is 2.41 bits per heavy atom. The monoisotopic (exact) mass is 561 g/mol. The van der Waals surface area contributed by atoms with E-state index in [2.05, 4.69) is 31.8 Å². The Hall–Kier alpha value is -2.87. The van der Waals surface area contributed by atoms with Gasteiger partial charge in [0.05, 0.1) is 20.7 Å². The largest absolute Gasteiger partial charge is 0.488 e. The summed E-state index contributed by atoms with van der Waals surface area (Å²) in [5.74, 6) is 0.0613. The van der Waals surface area contributed by atoms with Crippen molar-refractivity contribution in [3.63, 3.8) is 0 Å². The lowest BCUT2D eigenvalue weighted by molar-refractivity contribution is -0.124. The summed E-state index contributed by atoms with van der Waals surface area (Å²) in [6, 6.07) is 18.2. The van der Waals surface area contributed by atoms with Crippen molar-refractivity contribution >= 4 is 62.8 Å². The fourth-order valence-corrected chi connectivity index (χ4v) is 3.66. The highest BCUT2D eigenvalue weighted by Crippen LogP contribution is 2.28. The summed E-state index contributed by atoms with van der Waals surface area (Å²) in [5.41, 5.74) is 5.88. The van der Waals surface area contributed by atoms with E-state index in [-0.39, 0.29) is 24.7 Å². The van der Waals surface area contributed by atoms with Crippen LogP contribution in [0.1, 0.15) is 29.5 Å². The Bertz CT molecular complexity index is 1200. The molecular weight excluding hydrogens is 541 g/mol. The van der Waals surface area contributed by atoms with Gasteiger partial charge in [-0.3, -0.25) is 9.59 Å². The van der Waals surface area contributed by atoms with Gasteiger partial charge in [-0.05, 0) is 76.4 Å². The SMILES string of the molecule is Cc1ccc(NC(=O)CCC(=O)NN=Cc2ccc(OCc3ccc(Cl)c(Cl)c3)c(Br)c2)cc1. The Kier molecular flexibility index (Phi) is 9.51. The number of hydrazone groups is 1. The van der Waals surface area contributed by atoms with Crippen molar-refractivity contribution < 1.29 is 14.3 Å². The van der Waals surface area contributed by atoms with Crippen molar-refractivity contribution in [2.45, 2.75) is 26.4 Å². The van der Waals surface area contributed by atoms with Crippen LogP contribution in [0.3, 0.4) is 0 Å². The number of nitrogens with one attached hydrogen (secondary N) is 2. The zero-order chi connectivity index (χ0) is 24.5. The average Bonchev–Trinajstić information content (AvgIpc) is 2.81. The van der Waals surface area contributed by atoms with E-state index in [1.165, 1.54) is 6.21 Å². The number of carbonyl (C=O) groups is 2. The zero-order valence-electron chi connectivity index (χ0n) is 18.3. The molecule has 0 unspecified atom stereocenters. The number of halogens is 3. The number of amides is 2. The molecule has 3 aromatic rings. The second-order valence-electron chi connectivity index (χ2n) is 7.43. The predicted molar refractivity (Wildman–Crippen MR) is 140 cm³/mol. The van der Waals surface area contributed by atoms with Crippen molar-refractivity contribution in [3.05, 3.63) is 91.9 Å². The van der Waals surface area contributed by atoms with Crippen molar-refractivity contribution in [1.82, 2.24) is 5.43 Å². The van der Waals surface area contributed by atoms with E-state index in [0.29, 0.717) is 28.1 Å². The fraction of sp³-hybridized carbons (Fsp3) is 0.160. The highest BCUT2D eigenvalue weighted by molar-refractivity contribution is 9.10. The molecule has 0 saturated carbocycles. The molecule has 0 atom stereocenters. The fourth-order valence-electron chi connectivity index (χ4n) is 2.83. The molecule has 2 amide bonds. The number of aryl methyl sites for hydroxylation is 1. The molecule has 0 radical (unpaired) electrons. The number of benzene rings is 3. The van der Waals surface area contributed by atoms with E-state index in [9.17, 15) is 9.59 Å². The molecule has 2 N–H and O–H groups in total. The van der Waals surface area contributed by atoms with Crippen LogP contribution in [-0.2, 0) is 16.2 Å². The maximum absolute atomic E-state index is 12.0. The molecule has 3 aromatic carbocycles. The van der Waals surface area contributed by atoms with Crippen LogP contribution >= 0.6 is 39.1 Å². The van der Waals surface area contributed by atoms with Gasteiger partial charge in [0.1, 0.15) is 12.4 Å². The minimum atomic E-state index is -0.351. The molecule has 3 rings (SSSR count). The Balaban J connectivity index is 1.43. The average molecular weight is 563 g/mol. The number of anilines is 1. The zero-order valence-corrected chi connectivity index (χ0v) is 21.4. The number of nitrogens with zero attached hydrogens (tertiary/aromatic N) is 1. The molecular formula is C25H22BrCl2N3O3. The molecule has 0 aromatic heterocycles. The van der Waals surface area contributed by atoms with Crippen LogP contribution in [0.25, 0.3) is 0 Å². The topological polar surface area (TPSA) is 79.8 Å². The van der Waals surface area contributed by atoms with Gasteiger partial charge in [-0.1, -0.05) is 47.0 Å². The molecule has 0 spiro atoms. The van der Waals surface area contributed by atoms with Crippen LogP contribution in [0.15, 0.2) is 70.2 Å². The second kappa shape index (κ2) is 12.6. The van der Waals surface area contributed by atoms with Gasteiger partial charge in [0.2, 0.25) is 11.8 Å². The summed E-state index contributed by atoms with van der Waals surface area (Å²) < 4.78 is 6.55. The molecule has 0 aliphatic heterocycles. The molecule has 6 nitrogen and oxygen atoms in total. The van der Waals surface area contributed by atoms with Crippen LogP contribution in [0, 0.1) is 6.92 Å². The number of rotatable bonds is 9. The standard InChI is InChI=1S/C25H22BrCl2N3O3/c1-16-2-6-19(7-3-16)30-24(32)10-11-25(33)31-29-14-17-5-9-23(20(26)12-17)34-15-18-4-8-21(27)22(28)13-18/h2-9,12-14H,10-11,15H2,1H3,(H,30,32)(H,31,33). The van der Waals surface area contributed by atoms with E-state index in [4.69, 9.17) is 27.9 Å². The molecule has 0 fully saturated rings. The molecule has 176 valence electrons. The van der Waals surface area contributed by atoms with Crippen molar-refractivity contribution in [3.8, 4) is 5.75 Å². The highest BCUT2D eigenvalue weighted by atomic mass is 79.9. The maximum Gasteiger partial charge on any atom is 0.240 e. The number of hydrogen-bond acceptors (Lipinski definition) is 4. The van der Waals surface area contributed by atoms with Gasteiger partial charge in [-0.25, -0.2) is 5.43 Å². The minimum absolute atomic E-state index is 0.0280. The van der Waals surface area contributed by atoms with Gasteiger partial charge < -0.3 is 10.1 Å². The van der Waals surface area contributed by atoms with E-state index >= 15 is 0 Å². The van der Waals surface area contributed by atoms with Crippen LogP contribution < -0.4 is 15.5 Å². The van der Waals surface area contributed by atoms with Gasteiger partial charge in [-0.15, -0.1) is 0 Å². The summed E-state index contributed by atoms with van der Waals surface area (Å²) in [4.78, 5) is 24.0. The third-order valence-corrected chi connectivity index (χ3v) is 6.01. The molecule has 0 heterocycles. The van der Waals surface area contributed by atoms with E-state index < -0.39 is 0 Å². The van der Waals surface area contributed by atoms with Gasteiger partial charge in [0.25, 0.3) is 0 Å². The Labute approximate surface area is 216 Å². The normalized spacial score (nSPS) is 10.8. The van der Waals surface area contributed by atoms with Crippen LogP contribution in [0.4, 0.5) is 5.69 Å². The van der Waals surface area contributed by atoms with E-state index in [0.717, 1.165) is 21.2 Å². The maximum atomic E-state index is 12.0. The van der Waals surface area contributed by atoms with Gasteiger partial charge in [0.15, 0.2) is 0 Å². The van der Waals surface area contributed by atoms with Crippen LogP contribution in [-0.4, -0.2) is 18.0 Å². The van der Waals surface area contributed by atoms with E-state index in [1.54, 1.807) is 24.3 Å². The van der Waals surface area contributed by atoms with Crippen molar-refractivity contribution in [2.24, 2.45) is 5.10 Å². The third-order valence-electron chi connectivity index (χ3n) is 4.65. The summed E-state index contributed by atoms with van der Waals surface area (Å²) in [7, 11) is 0. The second-order valence-corrected chi connectivity index (χ2v) is 9.10. The summed E-state index contributed by atoms with van der Waals surface area (Å²) in [5, 5.41) is 7.68.